The molecule has 1 fully saturated rings. The van der Waals surface area contributed by atoms with Gasteiger partial charge in [0.2, 0.25) is 5.89 Å². The van der Waals surface area contributed by atoms with Crippen LogP contribution < -0.4 is 0 Å². The Morgan fingerprint density at radius 1 is 1.21 bits per heavy atom. The fourth-order valence-electron chi connectivity index (χ4n) is 3.34. The number of para-hydroxylation sites is 2. The van der Waals surface area contributed by atoms with E-state index in [2.05, 4.69) is 26.9 Å². The fraction of sp³-hybridized carbons (Fsp3) is 0.500. The summed E-state index contributed by atoms with van der Waals surface area (Å²) in [5, 5.41) is 4.00. The number of oxazole rings is 1. The molecule has 3 aromatic rings. The fourth-order valence-corrected chi connectivity index (χ4v) is 3.34. The van der Waals surface area contributed by atoms with E-state index in [1.165, 1.54) is 0 Å². The number of benzene rings is 1. The molecule has 0 spiro atoms. The van der Waals surface area contributed by atoms with Gasteiger partial charge in [0.05, 0.1) is 6.04 Å². The molecule has 0 unspecified atom stereocenters. The third-order valence-electron chi connectivity index (χ3n) is 4.89. The monoisotopic (exact) mass is 326 g/mol. The first-order valence-electron chi connectivity index (χ1n) is 8.66. The van der Waals surface area contributed by atoms with E-state index in [-0.39, 0.29) is 6.04 Å². The second-order valence-electron chi connectivity index (χ2n) is 6.41. The largest absolute Gasteiger partial charge is 0.440 e. The van der Waals surface area contributed by atoms with Crippen molar-refractivity contribution in [3.05, 3.63) is 41.9 Å². The number of likely N-dealkylation sites (tertiary alicyclic amines) is 1. The van der Waals surface area contributed by atoms with Gasteiger partial charge in [-0.15, -0.1) is 0 Å². The summed E-state index contributed by atoms with van der Waals surface area (Å²) in [7, 11) is 0. The van der Waals surface area contributed by atoms with E-state index in [9.17, 15) is 0 Å². The molecule has 0 bridgehead atoms. The molecule has 6 heteroatoms. The second-order valence-corrected chi connectivity index (χ2v) is 6.41. The molecular weight excluding hydrogens is 304 g/mol. The third-order valence-corrected chi connectivity index (χ3v) is 4.89. The summed E-state index contributed by atoms with van der Waals surface area (Å²) in [6, 6.07) is 8.11. The zero-order chi connectivity index (χ0) is 16.5. The smallest absolute Gasteiger partial charge is 0.243 e. The first kappa shape index (κ1) is 15.3. The third kappa shape index (κ3) is 2.82. The van der Waals surface area contributed by atoms with E-state index in [0.29, 0.717) is 11.8 Å². The van der Waals surface area contributed by atoms with Crippen LogP contribution in [0.3, 0.4) is 0 Å². The molecule has 0 N–H and O–H groups in total. The van der Waals surface area contributed by atoms with E-state index in [4.69, 9.17) is 8.94 Å². The lowest BCUT2D eigenvalue weighted by Crippen LogP contribution is -2.35. The maximum Gasteiger partial charge on any atom is 0.243 e. The Morgan fingerprint density at radius 2 is 2.00 bits per heavy atom. The average Bonchev–Trinajstić information content (AvgIpc) is 3.28. The Hall–Kier alpha value is -2.21. The first-order chi connectivity index (χ1) is 11.7. The van der Waals surface area contributed by atoms with Crippen molar-refractivity contribution in [1.82, 2.24) is 20.0 Å². The van der Waals surface area contributed by atoms with Crippen LogP contribution in [0, 0.1) is 0 Å². The van der Waals surface area contributed by atoms with Crippen LogP contribution in [-0.2, 0) is 6.42 Å². The highest BCUT2D eigenvalue weighted by Gasteiger charge is 2.29. The van der Waals surface area contributed by atoms with Gasteiger partial charge in [-0.25, -0.2) is 4.98 Å². The summed E-state index contributed by atoms with van der Waals surface area (Å²) in [6.45, 7) is 6.13. The molecule has 24 heavy (non-hydrogen) atoms. The predicted octanol–water partition coefficient (Wildman–Crippen LogP) is 3.71. The van der Waals surface area contributed by atoms with Crippen molar-refractivity contribution in [2.24, 2.45) is 0 Å². The van der Waals surface area contributed by atoms with Gasteiger partial charge in [0.25, 0.3) is 0 Å². The van der Waals surface area contributed by atoms with Crippen molar-refractivity contribution in [2.45, 2.75) is 45.1 Å². The molecule has 1 aliphatic rings. The Labute approximate surface area is 140 Å². The molecule has 1 aliphatic heterocycles. The summed E-state index contributed by atoms with van der Waals surface area (Å²) in [4.78, 5) is 11.5. The summed E-state index contributed by atoms with van der Waals surface area (Å²) < 4.78 is 11.3. The Morgan fingerprint density at radius 3 is 2.71 bits per heavy atom. The number of aromatic nitrogens is 3. The van der Waals surface area contributed by atoms with Gasteiger partial charge in [-0.05, 0) is 45.0 Å². The van der Waals surface area contributed by atoms with Crippen LogP contribution >= 0.6 is 0 Å². The van der Waals surface area contributed by atoms with E-state index in [0.717, 1.165) is 55.2 Å². The molecule has 0 radical (unpaired) electrons. The van der Waals surface area contributed by atoms with Crippen LogP contribution in [0.2, 0.25) is 0 Å². The Balaban J connectivity index is 1.42. The van der Waals surface area contributed by atoms with Gasteiger partial charge in [-0.1, -0.05) is 24.2 Å². The van der Waals surface area contributed by atoms with Gasteiger partial charge >= 0.3 is 0 Å². The molecular formula is C18H22N4O2. The van der Waals surface area contributed by atoms with E-state index >= 15 is 0 Å². The lowest BCUT2D eigenvalue weighted by Gasteiger charge is -2.33. The van der Waals surface area contributed by atoms with Crippen molar-refractivity contribution in [3.63, 3.8) is 0 Å². The van der Waals surface area contributed by atoms with E-state index < -0.39 is 0 Å². The number of hydrogen-bond acceptors (Lipinski definition) is 6. The van der Waals surface area contributed by atoms with Gasteiger partial charge in [-0.2, -0.15) is 4.98 Å². The SMILES string of the molecule is CCc1noc([C@H](C)N2CCC(c3nc4ccccc4o3)CC2)n1. The Bertz CT molecular complexity index is 784. The van der Waals surface area contributed by atoms with Gasteiger partial charge in [-0.3, -0.25) is 4.90 Å². The molecule has 0 saturated carbocycles. The maximum atomic E-state index is 5.94. The Kier molecular flexibility index (Phi) is 4.06. The molecule has 1 saturated heterocycles. The van der Waals surface area contributed by atoms with Crippen molar-refractivity contribution in [2.75, 3.05) is 13.1 Å². The molecule has 0 amide bonds. The van der Waals surface area contributed by atoms with Crippen molar-refractivity contribution < 1.29 is 8.94 Å². The summed E-state index contributed by atoms with van der Waals surface area (Å²) in [6.07, 6.45) is 2.87. The minimum Gasteiger partial charge on any atom is -0.440 e. The van der Waals surface area contributed by atoms with Crippen LogP contribution in [0.1, 0.15) is 56.3 Å². The number of hydrogen-bond donors (Lipinski definition) is 0. The van der Waals surface area contributed by atoms with Crippen LogP contribution in [0.5, 0.6) is 0 Å². The summed E-state index contributed by atoms with van der Waals surface area (Å²) in [5.41, 5.74) is 1.82. The normalized spacial score (nSPS) is 18.2. The standard InChI is InChI=1S/C18H22N4O2/c1-3-16-20-17(24-21-16)12(2)22-10-8-13(9-11-22)18-19-14-6-4-5-7-15(14)23-18/h4-7,12-13H,3,8-11H2,1-2H3/t12-/m0/s1. The van der Waals surface area contributed by atoms with Gasteiger partial charge in [0.15, 0.2) is 17.3 Å². The number of aryl methyl sites for hydroxylation is 1. The molecule has 0 aliphatic carbocycles. The van der Waals surface area contributed by atoms with Crippen LogP contribution in [0.15, 0.2) is 33.2 Å². The molecule has 3 heterocycles. The highest BCUT2D eigenvalue weighted by Crippen LogP contribution is 2.32. The lowest BCUT2D eigenvalue weighted by molar-refractivity contribution is 0.131. The van der Waals surface area contributed by atoms with E-state index in [1.807, 2.05) is 31.2 Å². The van der Waals surface area contributed by atoms with Crippen LogP contribution in [0.25, 0.3) is 11.1 Å². The highest BCUT2D eigenvalue weighted by atomic mass is 16.5. The minimum absolute atomic E-state index is 0.155. The van der Waals surface area contributed by atoms with Crippen molar-refractivity contribution in [1.29, 1.82) is 0 Å². The van der Waals surface area contributed by atoms with Crippen molar-refractivity contribution in [3.8, 4) is 0 Å². The zero-order valence-corrected chi connectivity index (χ0v) is 14.1. The molecule has 126 valence electrons. The summed E-state index contributed by atoms with van der Waals surface area (Å²) >= 11 is 0. The average molecular weight is 326 g/mol. The van der Waals surface area contributed by atoms with Gasteiger partial charge in [0, 0.05) is 12.3 Å². The van der Waals surface area contributed by atoms with Crippen molar-refractivity contribution >= 4 is 11.1 Å². The maximum absolute atomic E-state index is 5.94. The van der Waals surface area contributed by atoms with Gasteiger partial charge in [0.1, 0.15) is 5.52 Å². The number of piperidine rings is 1. The molecule has 2 aromatic heterocycles. The highest BCUT2D eigenvalue weighted by molar-refractivity contribution is 5.72. The van der Waals surface area contributed by atoms with Crippen LogP contribution in [0.4, 0.5) is 0 Å². The number of fused-ring (bicyclic) bond motifs is 1. The van der Waals surface area contributed by atoms with Crippen LogP contribution in [-0.4, -0.2) is 33.1 Å². The first-order valence-corrected chi connectivity index (χ1v) is 8.66. The van der Waals surface area contributed by atoms with Gasteiger partial charge < -0.3 is 8.94 Å². The lowest BCUT2D eigenvalue weighted by atomic mass is 9.96. The topological polar surface area (TPSA) is 68.2 Å². The minimum atomic E-state index is 0.155. The second kappa shape index (κ2) is 6.36. The quantitative estimate of drug-likeness (QED) is 0.728. The number of rotatable bonds is 4. The zero-order valence-electron chi connectivity index (χ0n) is 14.1. The molecule has 4 rings (SSSR count). The number of nitrogens with zero attached hydrogens (tertiary/aromatic N) is 4. The molecule has 1 aromatic carbocycles. The predicted molar refractivity (Wildman–Crippen MR) is 89.6 cm³/mol. The van der Waals surface area contributed by atoms with E-state index in [1.54, 1.807) is 0 Å². The molecule has 6 nitrogen and oxygen atoms in total. The summed E-state index contributed by atoms with van der Waals surface area (Å²) in [5.74, 6) is 2.75. The molecule has 1 atom stereocenters.